The largest absolute Gasteiger partial charge is 0.282 e. The number of amides is 1. The average Bonchev–Trinajstić information content (AvgIpc) is 2.60. The SMILES string of the molecule is Cc1cc(NNC(=O)CS(=O)(=O)c2ccccc2)nc2ccccc12. The van der Waals surface area contributed by atoms with Crippen LogP contribution >= 0.6 is 0 Å². The molecule has 1 heterocycles. The van der Waals surface area contributed by atoms with E-state index in [2.05, 4.69) is 15.8 Å². The average molecular weight is 355 g/mol. The molecule has 0 saturated carbocycles. The molecule has 128 valence electrons. The lowest BCUT2D eigenvalue weighted by Crippen LogP contribution is -2.34. The molecule has 0 unspecified atom stereocenters. The maximum Gasteiger partial charge on any atom is 0.253 e. The van der Waals surface area contributed by atoms with E-state index < -0.39 is 21.5 Å². The van der Waals surface area contributed by atoms with Crippen LogP contribution in [0.2, 0.25) is 0 Å². The third-order valence-corrected chi connectivity index (χ3v) is 5.31. The van der Waals surface area contributed by atoms with E-state index in [-0.39, 0.29) is 4.90 Å². The Hall–Kier alpha value is -2.93. The number of hydrogen-bond acceptors (Lipinski definition) is 5. The molecule has 25 heavy (non-hydrogen) atoms. The Kier molecular flexibility index (Phi) is 4.67. The summed E-state index contributed by atoms with van der Waals surface area (Å²) in [6.45, 7) is 1.94. The molecule has 1 amide bonds. The zero-order valence-electron chi connectivity index (χ0n) is 13.6. The summed E-state index contributed by atoms with van der Waals surface area (Å²) in [5, 5.41) is 1.02. The Morgan fingerprint density at radius 2 is 1.72 bits per heavy atom. The van der Waals surface area contributed by atoms with Gasteiger partial charge in [-0.2, -0.15) is 0 Å². The number of hydrazine groups is 1. The normalized spacial score (nSPS) is 11.2. The van der Waals surface area contributed by atoms with Gasteiger partial charge in [0.25, 0.3) is 5.91 Å². The highest BCUT2D eigenvalue weighted by Gasteiger charge is 2.18. The summed E-state index contributed by atoms with van der Waals surface area (Å²) in [5.41, 5.74) is 6.85. The van der Waals surface area contributed by atoms with Gasteiger partial charge < -0.3 is 0 Å². The maximum absolute atomic E-state index is 12.2. The number of anilines is 1. The molecule has 0 aliphatic heterocycles. The van der Waals surface area contributed by atoms with Crippen LogP contribution in [0, 0.1) is 6.92 Å². The quantitative estimate of drug-likeness (QED) is 0.687. The van der Waals surface area contributed by atoms with Gasteiger partial charge in [-0.1, -0.05) is 36.4 Å². The van der Waals surface area contributed by atoms with Gasteiger partial charge in [0.2, 0.25) is 0 Å². The van der Waals surface area contributed by atoms with Crippen molar-refractivity contribution in [3.63, 3.8) is 0 Å². The van der Waals surface area contributed by atoms with E-state index in [1.165, 1.54) is 12.1 Å². The first-order chi connectivity index (χ1) is 12.0. The molecule has 0 radical (unpaired) electrons. The monoisotopic (exact) mass is 355 g/mol. The van der Waals surface area contributed by atoms with Crippen molar-refractivity contribution in [2.24, 2.45) is 0 Å². The summed E-state index contributed by atoms with van der Waals surface area (Å²) >= 11 is 0. The van der Waals surface area contributed by atoms with Gasteiger partial charge in [0, 0.05) is 5.39 Å². The molecule has 0 aliphatic carbocycles. The van der Waals surface area contributed by atoms with E-state index in [0.29, 0.717) is 5.82 Å². The Morgan fingerprint density at radius 3 is 2.48 bits per heavy atom. The molecular weight excluding hydrogens is 338 g/mol. The van der Waals surface area contributed by atoms with Crippen molar-refractivity contribution in [1.82, 2.24) is 10.4 Å². The highest BCUT2D eigenvalue weighted by atomic mass is 32.2. The number of pyridine rings is 1. The molecule has 2 aromatic carbocycles. The lowest BCUT2D eigenvalue weighted by atomic mass is 10.1. The van der Waals surface area contributed by atoms with Crippen molar-refractivity contribution < 1.29 is 13.2 Å². The van der Waals surface area contributed by atoms with Crippen molar-refractivity contribution in [2.75, 3.05) is 11.2 Å². The molecule has 0 aliphatic rings. The van der Waals surface area contributed by atoms with Gasteiger partial charge in [-0.25, -0.2) is 13.4 Å². The number of fused-ring (bicyclic) bond motifs is 1. The van der Waals surface area contributed by atoms with Crippen LogP contribution in [0.1, 0.15) is 5.56 Å². The molecule has 7 heteroatoms. The van der Waals surface area contributed by atoms with Crippen LogP contribution in [0.5, 0.6) is 0 Å². The van der Waals surface area contributed by atoms with E-state index >= 15 is 0 Å². The second-order valence-electron chi connectivity index (χ2n) is 5.59. The van der Waals surface area contributed by atoms with Crippen molar-refractivity contribution in [3.05, 3.63) is 66.2 Å². The van der Waals surface area contributed by atoms with Gasteiger partial charge in [-0.3, -0.25) is 15.6 Å². The number of aromatic nitrogens is 1. The lowest BCUT2D eigenvalue weighted by molar-refractivity contribution is -0.118. The summed E-state index contributed by atoms with van der Waals surface area (Å²) in [5.74, 6) is -0.852. The molecule has 3 rings (SSSR count). The first-order valence-electron chi connectivity index (χ1n) is 7.65. The number of hydrogen-bond donors (Lipinski definition) is 2. The molecule has 0 spiro atoms. The van der Waals surface area contributed by atoms with Crippen LogP contribution in [0.4, 0.5) is 5.82 Å². The Bertz CT molecular complexity index is 1020. The topological polar surface area (TPSA) is 88.2 Å². The second-order valence-corrected chi connectivity index (χ2v) is 7.58. The lowest BCUT2D eigenvalue weighted by Gasteiger charge is -2.10. The number of nitrogens with one attached hydrogen (secondary N) is 2. The first kappa shape index (κ1) is 16.9. The third-order valence-electron chi connectivity index (χ3n) is 3.68. The second kappa shape index (κ2) is 6.90. The van der Waals surface area contributed by atoms with E-state index in [1.807, 2.05) is 31.2 Å². The number of aryl methyl sites for hydroxylation is 1. The fraction of sp³-hybridized carbons (Fsp3) is 0.111. The minimum Gasteiger partial charge on any atom is -0.282 e. The van der Waals surface area contributed by atoms with Crippen LogP contribution in [0.15, 0.2) is 65.6 Å². The predicted molar refractivity (Wildman–Crippen MR) is 96.7 cm³/mol. The molecule has 0 bridgehead atoms. The van der Waals surface area contributed by atoms with Gasteiger partial charge in [0.15, 0.2) is 9.84 Å². The first-order valence-corrected chi connectivity index (χ1v) is 9.30. The zero-order chi connectivity index (χ0) is 17.9. The number of nitrogens with zero attached hydrogens (tertiary/aromatic N) is 1. The Balaban J connectivity index is 1.69. The molecule has 0 saturated heterocycles. The molecule has 3 aromatic rings. The van der Waals surface area contributed by atoms with E-state index in [9.17, 15) is 13.2 Å². The maximum atomic E-state index is 12.2. The summed E-state index contributed by atoms with van der Waals surface area (Å²) in [4.78, 5) is 16.5. The van der Waals surface area contributed by atoms with Crippen molar-refractivity contribution in [2.45, 2.75) is 11.8 Å². The molecule has 0 fully saturated rings. The number of benzene rings is 2. The number of para-hydroxylation sites is 1. The van der Waals surface area contributed by atoms with Gasteiger partial charge in [0.1, 0.15) is 11.6 Å². The van der Waals surface area contributed by atoms with E-state index in [1.54, 1.807) is 24.3 Å². The number of sulfone groups is 1. The molecule has 0 atom stereocenters. The van der Waals surface area contributed by atoms with Gasteiger partial charge in [0.05, 0.1) is 10.4 Å². The van der Waals surface area contributed by atoms with Crippen LogP contribution in [0.3, 0.4) is 0 Å². The fourth-order valence-corrected chi connectivity index (χ4v) is 3.62. The Labute approximate surface area is 145 Å². The van der Waals surface area contributed by atoms with Gasteiger partial charge in [-0.05, 0) is 36.8 Å². The predicted octanol–water partition coefficient (Wildman–Crippen LogP) is 2.46. The molecule has 6 nitrogen and oxygen atoms in total. The number of carbonyl (C=O) groups excluding carboxylic acids is 1. The number of rotatable bonds is 5. The van der Waals surface area contributed by atoms with Crippen molar-refractivity contribution >= 4 is 32.5 Å². The third kappa shape index (κ3) is 3.95. The summed E-state index contributed by atoms with van der Waals surface area (Å²) in [7, 11) is -3.68. The van der Waals surface area contributed by atoms with Crippen molar-refractivity contribution in [3.8, 4) is 0 Å². The van der Waals surface area contributed by atoms with E-state index in [0.717, 1.165) is 16.5 Å². The van der Waals surface area contributed by atoms with Gasteiger partial charge in [-0.15, -0.1) is 0 Å². The standard InChI is InChI=1S/C18H17N3O3S/c1-13-11-17(19-16-10-6-5-9-15(13)16)20-21-18(22)12-25(23,24)14-7-3-2-4-8-14/h2-11H,12H2,1H3,(H,19,20)(H,21,22). The Morgan fingerprint density at radius 1 is 1.04 bits per heavy atom. The minimum atomic E-state index is -3.68. The van der Waals surface area contributed by atoms with Crippen LogP contribution in [-0.4, -0.2) is 25.1 Å². The van der Waals surface area contributed by atoms with Crippen molar-refractivity contribution in [1.29, 1.82) is 0 Å². The summed E-state index contributed by atoms with van der Waals surface area (Å²) in [6, 6.07) is 17.3. The smallest absolute Gasteiger partial charge is 0.253 e. The number of carbonyl (C=O) groups is 1. The minimum absolute atomic E-state index is 0.116. The zero-order valence-corrected chi connectivity index (χ0v) is 14.4. The fourth-order valence-electron chi connectivity index (χ4n) is 2.47. The highest BCUT2D eigenvalue weighted by molar-refractivity contribution is 7.92. The summed E-state index contributed by atoms with van der Waals surface area (Å²) in [6.07, 6.45) is 0. The summed E-state index contributed by atoms with van der Waals surface area (Å²) < 4.78 is 24.4. The molecular formula is C18H17N3O3S. The molecule has 1 aromatic heterocycles. The van der Waals surface area contributed by atoms with Crippen LogP contribution < -0.4 is 10.9 Å². The van der Waals surface area contributed by atoms with Crippen LogP contribution in [-0.2, 0) is 14.6 Å². The molecule has 2 N–H and O–H groups in total. The van der Waals surface area contributed by atoms with E-state index in [4.69, 9.17) is 0 Å². The van der Waals surface area contributed by atoms with Gasteiger partial charge >= 0.3 is 0 Å². The highest BCUT2D eigenvalue weighted by Crippen LogP contribution is 2.19. The van der Waals surface area contributed by atoms with Crippen LogP contribution in [0.25, 0.3) is 10.9 Å².